The van der Waals surface area contributed by atoms with Gasteiger partial charge in [-0.3, -0.25) is 10.1 Å². The molecular formula is C17H15N3O4S. The molecule has 0 atom stereocenters. The Labute approximate surface area is 147 Å². The summed E-state index contributed by atoms with van der Waals surface area (Å²) in [5.41, 5.74) is 3.02. The molecule has 3 heterocycles. The number of anilines is 1. The number of nitrogens with zero attached hydrogens (tertiary/aromatic N) is 2. The van der Waals surface area contributed by atoms with Crippen LogP contribution in [0.3, 0.4) is 0 Å². The van der Waals surface area contributed by atoms with E-state index in [1.54, 1.807) is 13.0 Å². The molecule has 0 radical (unpaired) electrons. The predicted octanol–water partition coefficient (Wildman–Crippen LogP) is 3.06. The van der Waals surface area contributed by atoms with E-state index >= 15 is 0 Å². The topological polar surface area (TPSA) is 86.5 Å². The van der Waals surface area contributed by atoms with Crippen LogP contribution in [0.15, 0.2) is 34.2 Å². The normalized spacial score (nSPS) is 12.5. The minimum Gasteiger partial charge on any atom is -0.493 e. The van der Waals surface area contributed by atoms with Crippen molar-refractivity contribution in [2.45, 2.75) is 13.3 Å². The largest absolute Gasteiger partial charge is 0.493 e. The van der Waals surface area contributed by atoms with Crippen LogP contribution in [-0.4, -0.2) is 29.3 Å². The van der Waals surface area contributed by atoms with Crippen LogP contribution in [0.1, 0.15) is 11.3 Å². The molecule has 1 amide bonds. The number of carbonyl (C=O) groups excluding carboxylic acids is 1. The van der Waals surface area contributed by atoms with E-state index in [1.165, 1.54) is 16.9 Å². The average Bonchev–Trinajstić information content (AvgIpc) is 3.32. The number of hydrogen-bond acceptors (Lipinski definition) is 7. The summed E-state index contributed by atoms with van der Waals surface area (Å²) in [6.07, 6.45) is 0.912. The number of thiazole rings is 1. The fraction of sp³-hybridized carbons (Fsp3) is 0.235. The van der Waals surface area contributed by atoms with Crippen molar-refractivity contribution >= 4 is 22.4 Å². The number of hydrogen-bond donors (Lipinski definition) is 1. The van der Waals surface area contributed by atoms with Gasteiger partial charge in [0.1, 0.15) is 11.5 Å². The van der Waals surface area contributed by atoms with Crippen molar-refractivity contribution in [3.05, 3.63) is 41.0 Å². The van der Waals surface area contributed by atoms with Crippen molar-refractivity contribution in [2.24, 2.45) is 0 Å². The summed E-state index contributed by atoms with van der Waals surface area (Å²) in [7, 11) is 0. The van der Waals surface area contributed by atoms with Crippen molar-refractivity contribution < 1.29 is 18.8 Å². The van der Waals surface area contributed by atoms with E-state index in [0.29, 0.717) is 10.9 Å². The van der Waals surface area contributed by atoms with Gasteiger partial charge in [0.2, 0.25) is 0 Å². The van der Waals surface area contributed by atoms with Gasteiger partial charge in [0.25, 0.3) is 11.8 Å². The first kappa shape index (κ1) is 15.6. The summed E-state index contributed by atoms with van der Waals surface area (Å²) in [6, 6.07) is 7.63. The van der Waals surface area contributed by atoms with Crippen LogP contribution < -0.4 is 14.8 Å². The summed E-state index contributed by atoms with van der Waals surface area (Å²) in [5, 5.41) is 8.82. The summed E-state index contributed by atoms with van der Waals surface area (Å²) >= 11 is 1.37. The van der Waals surface area contributed by atoms with Crippen molar-refractivity contribution in [1.29, 1.82) is 0 Å². The third-order valence-corrected chi connectivity index (χ3v) is 4.45. The highest BCUT2D eigenvalue weighted by atomic mass is 32.1. The lowest BCUT2D eigenvalue weighted by Crippen LogP contribution is -2.20. The zero-order chi connectivity index (χ0) is 17.2. The van der Waals surface area contributed by atoms with Crippen LogP contribution in [0.5, 0.6) is 11.6 Å². The molecule has 0 fully saturated rings. The van der Waals surface area contributed by atoms with Crippen LogP contribution in [-0.2, 0) is 11.2 Å². The molecule has 1 aliphatic heterocycles. The lowest BCUT2D eigenvalue weighted by molar-refractivity contribution is -0.118. The van der Waals surface area contributed by atoms with Crippen LogP contribution in [0.4, 0.5) is 5.13 Å². The fourth-order valence-electron chi connectivity index (χ4n) is 2.52. The Hall–Kier alpha value is -2.87. The molecule has 0 unspecified atom stereocenters. The Morgan fingerprint density at radius 2 is 2.32 bits per heavy atom. The Morgan fingerprint density at radius 3 is 3.16 bits per heavy atom. The van der Waals surface area contributed by atoms with Crippen molar-refractivity contribution in [1.82, 2.24) is 10.1 Å². The quantitative estimate of drug-likeness (QED) is 0.755. The van der Waals surface area contributed by atoms with Gasteiger partial charge in [-0.2, -0.15) is 0 Å². The first-order valence-corrected chi connectivity index (χ1v) is 8.63. The highest BCUT2D eigenvalue weighted by Gasteiger charge is 2.15. The minimum absolute atomic E-state index is 0.156. The molecule has 1 N–H and O–H groups in total. The Balaban J connectivity index is 1.38. The van der Waals surface area contributed by atoms with Gasteiger partial charge in [0.15, 0.2) is 11.7 Å². The number of benzene rings is 1. The first-order chi connectivity index (χ1) is 12.2. The number of nitrogens with one attached hydrogen (secondary N) is 1. The number of ether oxygens (including phenoxy) is 2. The maximum atomic E-state index is 11.9. The van der Waals surface area contributed by atoms with Gasteiger partial charge in [0.05, 0.1) is 12.3 Å². The lowest BCUT2D eigenvalue weighted by Gasteiger charge is -2.02. The maximum Gasteiger partial charge on any atom is 0.264 e. The van der Waals surface area contributed by atoms with Crippen molar-refractivity contribution in [2.75, 3.05) is 18.5 Å². The molecule has 8 heteroatoms. The molecule has 25 heavy (non-hydrogen) atoms. The SMILES string of the molecule is Cc1cc(OCC(=O)Nc2nc(-c3ccc4c(c3)CCO4)cs2)no1. The monoisotopic (exact) mass is 357 g/mol. The van der Waals surface area contributed by atoms with Crippen LogP contribution >= 0.6 is 11.3 Å². The van der Waals surface area contributed by atoms with Gasteiger partial charge in [0, 0.05) is 23.4 Å². The highest BCUT2D eigenvalue weighted by molar-refractivity contribution is 7.14. The minimum atomic E-state index is -0.302. The summed E-state index contributed by atoms with van der Waals surface area (Å²) in [5.74, 6) is 1.55. The van der Waals surface area contributed by atoms with E-state index < -0.39 is 0 Å². The molecule has 1 aliphatic rings. The van der Waals surface area contributed by atoms with Gasteiger partial charge in [-0.15, -0.1) is 11.3 Å². The van der Waals surface area contributed by atoms with E-state index in [9.17, 15) is 4.79 Å². The predicted molar refractivity (Wildman–Crippen MR) is 92.1 cm³/mol. The Morgan fingerprint density at radius 1 is 1.40 bits per heavy atom. The number of aryl methyl sites for hydroxylation is 1. The molecule has 0 saturated heterocycles. The standard InChI is InChI=1S/C17H15N3O4S/c1-10-6-16(20-24-10)23-8-15(21)19-17-18-13(9-25-17)11-2-3-14-12(7-11)4-5-22-14/h2-3,6-7,9H,4-5,8H2,1H3,(H,18,19,21). The second-order valence-corrected chi connectivity index (χ2v) is 6.43. The number of aromatic nitrogens is 2. The van der Waals surface area contributed by atoms with Gasteiger partial charge < -0.3 is 14.0 Å². The maximum absolute atomic E-state index is 11.9. The van der Waals surface area contributed by atoms with E-state index in [4.69, 9.17) is 14.0 Å². The molecule has 0 spiro atoms. The summed E-state index contributed by atoms with van der Waals surface area (Å²) in [4.78, 5) is 16.4. The van der Waals surface area contributed by atoms with Gasteiger partial charge in [-0.1, -0.05) is 0 Å². The highest BCUT2D eigenvalue weighted by Crippen LogP contribution is 2.31. The first-order valence-electron chi connectivity index (χ1n) is 7.75. The van der Waals surface area contributed by atoms with E-state index in [2.05, 4.69) is 21.5 Å². The molecule has 7 nitrogen and oxygen atoms in total. The number of rotatable bonds is 5. The molecule has 0 aliphatic carbocycles. The Bertz CT molecular complexity index is 918. The number of carbonyl (C=O) groups is 1. The number of fused-ring (bicyclic) bond motifs is 1. The summed E-state index contributed by atoms with van der Waals surface area (Å²) < 4.78 is 15.6. The molecule has 0 bridgehead atoms. The van der Waals surface area contributed by atoms with Crippen molar-refractivity contribution in [3.8, 4) is 22.9 Å². The molecular weight excluding hydrogens is 342 g/mol. The lowest BCUT2D eigenvalue weighted by atomic mass is 10.1. The Kier molecular flexibility index (Phi) is 4.10. The second-order valence-electron chi connectivity index (χ2n) is 5.57. The summed E-state index contributed by atoms with van der Waals surface area (Å²) in [6.45, 7) is 2.32. The molecule has 2 aromatic heterocycles. The van der Waals surface area contributed by atoms with Crippen LogP contribution in [0.25, 0.3) is 11.3 Å². The van der Waals surface area contributed by atoms with Crippen LogP contribution in [0, 0.1) is 6.92 Å². The van der Waals surface area contributed by atoms with Crippen molar-refractivity contribution in [3.63, 3.8) is 0 Å². The third kappa shape index (κ3) is 3.48. The van der Waals surface area contributed by atoms with Gasteiger partial charge in [-0.05, 0) is 35.8 Å². The van der Waals surface area contributed by atoms with Gasteiger partial charge in [-0.25, -0.2) is 4.98 Å². The zero-order valence-electron chi connectivity index (χ0n) is 13.4. The average molecular weight is 357 g/mol. The second kappa shape index (κ2) is 6.56. The molecule has 0 saturated carbocycles. The molecule has 1 aromatic carbocycles. The van der Waals surface area contributed by atoms with E-state index in [1.807, 2.05) is 17.5 Å². The fourth-order valence-corrected chi connectivity index (χ4v) is 3.25. The van der Waals surface area contributed by atoms with E-state index in [0.717, 1.165) is 30.0 Å². The zero-order valence-corrected chi connectivity index (χ0v) is 14.3. The molecule has 3 aromatic rings. The molecule has 128 valence electrons. The smallest absolute Gasteiger partial charge is 0.264 e. The van der Waals surface area contributed by atoms with Crippen LogP contribution in [0.2, 0.25) is 0 Å². The van der Waals surface area contributed by atoms with Gasteiger partial charge >= 0.3 is 0 Å². The third-order valence-electron chi connectivity index (χ3n) is 3.69. The van der Waals surface area contributed by atoms with E-state index in [-0.39, 0.29) is 18.4 Å². The molecule has 4 rings (SSSR count). The number of amides is 1.